The molecule has 1 unspecified atom stereocenters. The van der Waals surface area contributed by atoms with Gasteiger partial charge in [-0.25, -0.2) is 0 Å². The van der Waals surface area contributed by atoms with E-state index in [1.54, 1.807) is 0 Å². The first-order chi connectivity index (χ1) is 10.2. The second kappa shape index (κ2) is 10.3. The molecule has 0 fully saturated rings. The van der Waals surface area contributed by atoms with E-state index in [4.69, 9.17) is 9.84 Å². The van der Waals surface area contributed by atoms with E-state index in [-0.39, 0.29) is 6.61 Å². The van der Waals surface area contributed by atoms with Gasteiger partial charge in [0, 0.05) is 12.0 Å². The quantitative estimate of drug-likeness (QED) is 0.722. The van der Waals surface area contributed by atoms with Gasteiger partial charge in [-0.3, -0.25) is 0 Å². The van der Waals surface area contributed by atoms with Crippen molar-refractivity contribution in [2.24, 2.45) is 5.92 Å². The van der Waals surface area contributed by atoms with Crippen molar-refractivity contribution in [2.75, 3.05) is 13.2 Å². The molecule has 21 heavy (non-hydrogen) atoms. The van der Waals surface area contributed by atoms with Gasteiger partial charge in [-0.2, -0.15) is 0 Å². The number of aryl methyl sites for hydroxylation is 1. The molecule has 1 aromatic rings. The number of aliphatic hydroxyl groups excluding tert-OH is 1. The molecule has 0 radical (unpaired) electrons. The molecule has 0 aromatic heterocycles. The van der Waals surface area contributed by atoms with Crippen molar-refractivity contribution in [3.63, 3.8) is 0 Å². The molecule has 0 saturated heterocycles. The maximum absolute atomic E-state index is 8.73. The van der Waals surface area contributed by atoms with Gasteiger partial charge < -0.3 is 9.84 Å². The number of aliphatic hydroxyl groups is 1. The van der Waals surface area contributed by atoms with Gasteiger partial charge in [0.15, 0.2) is 0 Å². The summed E-state index contributed by atoms with van der Waals surface area (Å²) in [7, 11) is 0. The second-order valence-electron chi connectivity index (χ2n) is 5.48. The van der Waals surface area contributed by atoms with Crippen molar-refractivity contribution in [2.45, 2.75) is 52.9 Å². The fourth-order valence-corrected chi connectivity index (χ4v) is 2.22. The topological polar surface area (TPSA) is 29.5 Å². The van der Waals surface area contributed by atoms with Crippen molar-refractivity contribution < 1.29 is 9.84 Å². The summed E-state index contributed by atoms with van der Waals surface area (Å²) in [6.45, 7) is 7.43. The van der Waals surface area contributed by atoms with Crippen LogP contribution in [-0.4, -0.2) is 18.3 Å². The van der Waals surface area contributed by atoms with Crippen molar-refractivity contribution >= 4 is 0 Å². The third-order valence-corrected chi connectivity index (χ3v) is 3.66. The van der Waals surface area contributed by atoms with Crippen LogP contribution in [0.15, 0.2) is 18.2 Å². The predicted molar refractivity (Wildman–Crippen MR) is 88.6 cm³/mol. The van der Waals surface area contributed by atoms with Crippen LogP contribution in [0.2, 0.25) is 0 Å². The molecule has 1 N–H and O–H groups in total. The third-order valence-electron chi connectivity index (χ3n) is 3.66. The fourth-order valence-electron chi connectivity index (χ4n) is 2.22. The summed E-state index contributed by atoms with van der Waals surface area (Å²) in [6.07, 6.45) is 5.46. The van der Waals surface area contributed by atoms with E-state index < -0.39 is 0 Å². The van der Waals surface area contributed by atoms with E-state index in [2.05, 4.69) is 32.6 Å². The highest BCUT2D eigenvalue weighted by molar-refractivity contribution is 5.43. The molecule has 116 valence electrons. The van der Waals surface area contributed by atoms with Gasteiger partial charge >= 0.3 is 0 Å². The first-order valence-corrected chi connectivity index (χ1v) is 8.04. The molecule has 0 saturated carbocycles. The van der Waals surface area contributed by atoms with E-state index in [1.165, 1.54) is 25.7 Å². The van der Waals surface area contributed by atoms with Crippen LogP contribution in [-0.2, 0) is 0 Å². The lowest BCUT2D eigenvalue weighted by Crippen LogP contribution is -2.11. The number of rotatable bonds is 8. The molecule has 2 nitrogen and oxygen atoms in total. The monoisotopic (exact) mass is 288 g/mol. The Morgan fingerprint density at radius 3 is 2.71 bits per heavy atom. The zero-order chi connectivity index (χ0) is 15.5. The molecule has 0 spiro atoms. The summed E-state index contributed by atoms with van der Waals surface area (Å²) in [5.41, 5.74) is 2.10. The summed E-state index contributed by atoms with van der Waals surface area (Å²) in [4.78, 5) is 0. The Kier molecular flexibility index (Phi) is 8.62. The van der Waals surface area contributed by atoms with Crippen LogP contribution in [0, 0.1) is 24.7 Å². The summed E-state index contributed by atoms with van der Waals surface area (Å²) in [5, 5.41) is 8.73. The molecule has 0 bridgehead atoms. The van der Waals surface area contributed by atoms with Crippen LogP contribution in [0.5, 0.6) is 5.75 Å². The molecule has 0 amide bonds. The molecule has 1 rings (SSSR count). The maximum atomic E-state index is 8.73. The van der Waals surface area contributed by atoms with Gasteiger partial charge in [0.1, 0.15) is 5.75 Å². The van der Waals surface area contributed by atoms with Gasteiger partial charge in [0.25, 0.3) is 0 Å². The maximum Gasteiger partial charge on any atom is 0.122 e. The summed E-state index contributed by atoms with van der Waals surface area (Å²) in [5.74, 6) is 7.59. The summed E-state index contributed by atoms with van der Waals surface area (Å²) >= 11 is 0. The SMILES string of the molecule is CCCCC(CC)COc1ccc(C#CCCO)cc1C. The Morgan fingerprint density at radius 2 is 2.10 bits per heavy atom. The highest BCUT2D eigenvalue weighted by atomic mass is 16.5. The Bertz CT molecular complexity index is 468. The van der Waals surface area contributed by atoms with Gasteiger partial charge in [-0.1, -0.05) is 45.0 Å². The lowest BCUT2D eigenvalue weighted by Gasteiger charge is -2.16. The number of unbranched alkanes of at least 4 members (excludes halogenated alkanes) is 1. The Labute approximate surface area is 129 Å². The van der Waals surface area contributed by atoms with Gasteiger partial charge in [-0.15, -0.1) is 0 Å². The minimum Gasteiger partial charge on any atom is -0.493 e. The van der Waals surface area contributed by atoms with Crippen molar-refractivity contribution in [1.29, 1.82) is 0 Å². The summed E-state index contributed by atoms with van der Waals surface area (Å²) < 4.78 is 5.98. The Balaban J connectivity index is 2.58. The van der Waals surface area contributed by atoms with Gasteiger partial charge in [0.2, 0.25) is 0 Å². The van der Waals surface area contributed by atoms with E-state index in [0.29, 0.717) is 12.3 Å². The van der Waals surface area contributed by atoms with E-state index in [0.717, 1.165) is 23.5 Å². The molecular formula is C19H28O2. The van der Waals surface area contributed by atoms with Crippen LogP contribution in [0.3, 0.4) is 0 Å². The average molecular weight is 288 g/mol. The lowest BCUT2D eigenvalue weighted by atomic mass is 10.0. The smallest absolute Gasteiger partial charge is 0.122 e. The molecule has 0 aliphatic rings. The Hall–Kier alpha value is -1.46. The van der Waals surface area contributed by atoms with E-state index in [1.807, 2.05) is 18.2 Å². The zero-order valence-electron chi connectivity index (χ0n) is 13.6. The molecule has 0 heterocycles. The normalized spacial score (nSPS) is 11.6. The third kappa shape index (κ3) is 6.69. The summed E-state index contributed by atoms with van der Waals surface area (Å²) in [6, 6.07) is 6.04. The minimum absolute atomic E-state index is 0.114. The van der Waals surface area contributed by atoms with Crippen LogP contribution in [0.4, 0.5) is 0 Å². The highest BCUT2D eigenvalue weighted by Gasteiger charge is 2.08. The minimum atomic E-state index is 0.114. The molecule has 1 aromatic carbocycles. The predicted octanol–water partition coefficient (Wildman–Crippen LogP) is 4.32. The van der Waals surface area contributed by atoms with Crippen LogP contribution >= 0.6 is 0 Å². The van der Waals surface area contributed by atoms with Crippen LogP contribution in [0.1, 0.15) is 57.1 Å². The standard InChI is InChI=1S/C19H28O2/c1-4-6-9-17(5-2)15-21-19-12-11-18(14-16(19)3)10-7-8-13-20/h11-12,14,17,20H,4-6,8-9,13,15H2,1-3H3. The number of ether oxygens (including phenoxy) is 1. The van der Waals surface area contributed by atoms with Crippen molar-refractivity contribution in [3.8, 4) is 17.6 Å². The molecule has 0 aliphatic heterocycles. The van der Waals surface area contributed by atoms with Gasteiger partial charge in [-0.05, 0) is 43.0 Å². The number of benzene rings is 1. The Morgan fingerprint density at radius 1 is 1.29 bits per heavy atom. The van der Waals surface area contributed by atoms with Crippen molar-refractivity contribution in [1.82, 2.24) is 0 Å². The van der Waals surface area contributed by atoms with Crippen molar-refractivity contribution in [3.05, 3.63) is 29.3 Å². The largest absolute Gasteiger partial charge is 0.493 e. The number of hydrogen-bond acceptors (Lipinski definition) is 2. The molecule has 2 heteroatoms. The molecule has 1 atom stereocenters. The van der Waals surface area contributed by atoms with Crippen LogP contribution in [0.25, 0.3) is 0 Å². The zero-order valence-corrected chi connectivity index (χ0v) is 13.6. The van der Waals surface area contributed by atoms with E-state index in [9.17, 15) is 0 Å². The first-order valence-electron chi connectivity index (χ1n) is 8.04. The van der Waals surface area contributed by atoms with Crippen LogP contribution < -0.4 is 4.74 Å². The van der Waals surface area contributed by atoms with E-state index >= 15 is 0 Å². The average Bonchev–Trinajstić information content (AvgIpc) is 2.49. The second-order valence-corrected chi connectivity index (χ2v) is 5.48. The fraction of sp³-hybridized carbons (Fsp3) is 0.579. The lowest BCUT2D eigenvalue weighted by molar-refractivity contribution is 0.232. The first kappa shape index (κ1) is 17.6. The molecular weight excluding hydrogens is 260 g/mol. The highest BCUT2D eigenvalue weighted by Crippen LogP contribution is 2.21. The number of hydrogen-bond donors (Lipinski definition) is 1. The molecule has 0 aliphatic carbocycles. The van der Waals surface area contributed by atoms with Gasteiger partial charge in [0.05, 0.1) is 13.2 Å².